The van der Waals surface area contributed by atoms with Crippen LogP contribution < -0.4 is 11.1 Å². The molecule has 0 fully saturated rings. The summed E-state index contributed by atoms with van der Waals surface area (Å²) >= 11 is 0. The van der Waals surface area contributed by atoms with Crippen LogP contribution in [0.5, 0.6) is 0 Å². The number of nitrogens with zero attached hydrogens (tertiary/aromatic N) is 2. The van der Waals surface area contributed by atoms with Gasteiger partial charge in [-0.05, 0) is 19.1 Å². The summed E-state index contributed by atoms with van der Waals surface area (Å²) in [4.78, 5) is 12.0. The maximum atomic E-state index is 13.4. The van der Waals surface area contributed by atoms with E-state index in [1.165, 1.54) is 23.0 Å². The summed E-state index contributed by atoms with van der Waals surface area (Å²) in [5, 5.41) is 6.43. The molecule has 0 saturated carbocycles. The van der Waals surface area contributed by atoms with Gasteiger partial charge in [-0.2, -0.15) is 5.10 Å². The zero-order valence-electron chi connectivity index (χ0n) is 9.85. The minimum atomic E-state index is -0.494. The number of nitrogen functional groups attached to an aromatic ring is 1. The lowest BCUT2D eigenvalue weighted by Crippen LogP contribution is -2.19. The van der Waals surface area contributed by atoms with Crippen LogP contribution in [0.4, 0.5) is 15.8 Å². The molecule has 0 radical (unpaired) electrons. The van der Waals surface area contributed by atoms with Crippen LogP contribution >= 0.6 is 0 Å². The Labute approximate surface area is 103 Å². The van der Waals surface area contributed by atoms with Gasteiger partial charge in [0.05, 0.1) is 17.6 Å². The van der Waals surface area contributed by atoms with E-state index in [1.54, 1.807) is 12.1 Å². The van der Waals surface area contributed by atoms with E-state index in [4.69, 9.17) is 5.73 Å². The highest BCUT2D eigenvalue weighted by Crippen LogP contribution is 2.16. The highest BCUT2D eigenvalue weighted by Gasteiger charge is 2.17. The molecule has 18 heavy (non-hydrogen) atoms. The summed E-state index contributed by atoms with van der Waals surface area (Å²) in [7, 11) is 0. The van der Waals surface area contributed by atoms with Crippen LogP contribution in [0, 0.1) is 5.82 Å². The first-order valence-electron chi connectivity index (χ1n) is 5.50. The van der Waals surface area contributed by atoms with Crippen molar-refractivity contribution < 1.29 is 9.18 Å². The molecule has 94 valence electrons. The zero-order valence-corrected chi connectivity index (χ0v) is 9.85. The van der Waals surface area contributed by atoms with E-state index in [-0.39, 0.29) is 17.1 Å². The van der Waals surface area contributed by atoms with E-state index < -0.39 is 11.7 Å². The molecule has 0 saturated heterocycles. The van der Waals surface area contributed by atoms with E-state index in [0.717, 1.165) is 0 Å². The minimum Gasteiger partial charge on any atom is -0.396 e. The van der Waals surface area contributed by atoms with Crippen LogP contribution in [-0.2, 0) is 6.54 Å². The van der Waals surface area contributed by atoms with Gasteiger partial charge in [-0.25, -0.2) is 4.39 Å². The van der Waals surface area contributed by atoms with Crippen molar-refractivity contribution in [2.75, 3.05) is 11.1 Å². The van der Waals surface area contributed by atoms with Crippen molar-refractivity contribution in [1.29, 1.82) is 0 Å². The van der Waals surface area contributed by atoms with Crippen molar-refractivity contribution in [3.63, 3.8) is 0 Å². The number of halogens is 1. The SMILES string of the molecule is CCn1ncc(N)c1C(=O)Nc1ccccc1F. The molecule has 1 heterocycles. The highest BCUT2D eigenvalue weighted by molar-refractivity contribution is 6.06. The van der Waals surface area contributed by atoms with E-state index in [2.05, 4.69) is 10.4 Å². The second kappa shape index (κ2) is 4.87. The van der Waals surface area contributed by atoms with Gasteiger partial charge in [-0.3, -0.25) is 9.48 Å². The quantitative estimate of drug-likeness (QED) is 0.871. The molecule has 5 nitrogen and oxygen atoms in total. The second-order valence-corrected chi connectivity index (χ2v) is 3.70. The van der Waals surface area contributed by atoms with Crippen LogP contribution in [-0.4, -0.2) is 15.7 Å². The Balaban J connectivity index is 2.28. The Kier molecular flexibility index (Phi) is 3.27. The average Bonchev–Trinajstić information content (AvgIpc) is 2.73. The van der Waals surface area contributed by atoms with Crippen LogP contribution in [0.3, 0.4) is 0 Å². The molecule has 0 atom stereocenters. The van der Waals surface area contributed by atoms with Gasteiger partial charge in [0, 0.05) is 6.54 Å². The van der Waals surface area contributed by atoms with E-state index in [9.17, 15) is 9.18 Å². The van der Waals surface area contributed by atoms with Crippen molar-refractivity contribution >= 4 is 17.3 Å². The Morgan fingerprint density at radius 3 is 2.89 bits per heavy atom. The highest BCUT2D eigenvalue weighted by atomic mass is 19.1. The first kappa shape index (κ1) is 12.1. The third kappa shape index (κ3) is 2.17. The lowest BCUT2D eigenvalue weighted by atomic mass is 10.3. The maximum absolute atomic E-state index is 13.4. The summed E-state index contributed by atoms with van der Waals surface area (Å²) in [5.41, 5.74) is 6.29. The number of aryl methyl sites for hydroxylation is 1. The Hall–Kier alpha value is -2.37. The number of benzene rings is 1. The molecule has 0 aliphatic heterocycles. The number of rotatable bonds is 3. The Bertz CT molecular complexity index is 579. The molecule has 6 heteroatoms. The Morgan fingerprint density at radius 1 is 1.50 bits per heavy atom. The van der Waals surface area contributed by atoms with E-state index in [1.807, 2.05) is 6.92 Å². The average molecular weight is 248 g/mol. The molecule has 1 aromatic heterocycles. The van der Waals surface area contributed by atoms with Crippen molar-refractivity contribution in [3.8, 4) is 0 Å². The molecule has 0 unspecified atom stereocenters. The molecule has 1 aromatic carbocycles. The van der Waals surface area contributed by atoms with Crippen molar-refractivity contribution in [1.82, 2.24) is 9.78 Å². The number of hydrogen-bond donors (Lipinski definition) is 2. The number of hydrogen-bond acceptors (Lipinski definition) is 3. The first-order valence-corrected chi connectivity index (χ1v) is 5.50. The number of aromatic nitrogens is 2. The van der Waals surface area contributed by atoms with Crippen LogP contribution in [0.2, 0.25) is 0 Å². The predicted molar refractivity (Wildman–Crippen MR) is 66.7 cm³/mol. The van der Waals surface area contributed by atoms with Gasteiger partial charge in [-0.1, -0.05) is 12.1 Å². The third-order valence-electron chi connectivity index (χ3n) is 2.50. The molecular weight excluding hydrogens is 235 g/mol. The topological polar surface area (TPSA) is 72.9 Å². The third-order valence-corrected chi connectivity index (χ3v) is 2.50. The van der Waals surface area contributed by atoms with Crippen molar-refractivity contribution in [3.05, 3.63) is 42.0 Å². The predicted octanol–water partition coefficient (Wildman–Crippen LogP) is 1.88. The van der Waals surface area contributed by atoms with Gasteiger partial charge >= 0.3 is 0 Å². The minimum absolute atomic E-state index is 0.116. The molecular formula is C12H13FN4O. The number of nitrogens with one attached hydrogen (secondary N) is 1. The summed E-state index contributed by atoms with van der Waals surface area (Å²) in [6, 6.07) is 5.95. The number of nitrogens with two attached hydrogens (primary N) is 1. The van der Waals surface area contributed by atoms with Crippen LogP contribution in [0.1, 0.15) is 17.4 Å². The zero-order chi connectivity index (χ0) is 13.1. The summed E-state index contributed by atoms with van der Waals surface area (Å²) < 4.78 is 14.9. The molecule has 0 aliphatic rings. The molecule has 1 amide bonds. The molecule has 0 bridgehead atoms. The molecule has 2 aromatic rings. The summed E-state index contributed by atoms with van der Waals surface area (Å²) in [6.45, 7) is 2.35. The Morgan fingerprint density at radius 2 is 2.22 bits per heavy atom. The molecule has 2 rings (SSSR count). The monoisotopic (exact) mass is 248 g/mol. The maximum Gasteiger partial charge on any atom is 0.276 e. The molecule has 3 N–H and O–H groups in total. The van der Waals surface area contributed by atoms with E-state index >= 15 is 0 Å². The lowest BCUT2D eigenvalue weighted by Gasteiger charge is -2.08. The van der Waals surface area contributed by atoms with Gasteiger partial charge < -0.3 is 11.1 Å². The fraction of sp³-hybridized carbons (Fsp3) is 0.167. The van der Waals surface area contributed by atoms with Crippen molar-refractivity contribution in [2.45, 2.75) is 13.5 Å². The standard InChI is InChI=1S/C12H13FN4O/c1-2-17-11(9(14)7-15-17)12(18)16-10-6-4-3-5-8(10)13/h3-7H,2,14H2,1H3,(H,16,18). The first-order chi connectivity index (χ1) is 8.63. The van der Waals surface area contributed by atoms with Crippen LogP contribution in [0.15, 0.2) is 30.5 Å². The van der Waals surface area contributed by atoms with E-state index in [0.29, 0.717) is 6.54 Å². The van der Waals surface area contributed by atoms with Crippen molar-refractivity contribution in [2.24, 2.45) is 0 Å². The van der Waals surface area contributed by atoms with Gasteiger partial charge in [0.15, 0.2) is 0 Å². The number of anilines is 2. The summed E-state index contributed by atoms with van der Waals surface area (Å²) in [5.74, 6) is -0.969. The molecule has 0 aliphatic carbocycles. The fourth-order valence-electron chi connectivity index (χ4n) is 1.63. The number of carbonyl (C=O) groups excluding carboxylic acids is 1. The number of carbonyl (C=O) groups is 1. The summed E-state index contributed by atoms with van der Waals surface area (Å²) in [6.07, 6.45) is 1.40. The largest absolute Gasteiger partial charge is 0.396 e. The van der Waals surface area contributed by atoms with Gasteiger partial charge in [0.1, 0.15) is 11.5 Å². The van der Waals surface area contributed by atoms with Gasteiger partial charge in [-0.15, -0.1) is 0 Å². The second-order valence-electron chi connectivity index (χ2n) is 3.70. The van der Waals surface area contributed by atoms with Gasteiger partial charge in [0.2, 0.25) is 0 Å². The lowest BCUT2D eigenvalue weighted by molar-refractivity contribution is 0.101. The molecule has 0 spiro atoms. The number of para-hydroxylation sites is 1. The fourth-order valence-corrected chi connectivity index (χ4v) is 1.63. The number of amides is 1. The smallest absolute Gasteiger partial charge is 0.276 e. The van der Waals surface area contributed by atoms with Crippen LogP contribution in [0.25, 0.3) is 0 Å². The normalized spacial score (nSPS) is 10.3. The van der Waals surface area contributed by atoms with Gasteiger partial charge in [0.25, 0.3) is 5.91 Å².